The van der Waals surface area contributed by atoms with Gasteiger partial charge in [-0.15, -0.1) is 12.4 Å². The van der Waals surface area contributed by atoms with Crippen LogP contribution in [0.4, 0.5) is 13.2 Å². The molecule has 1 heterocycles. The number of rotatable bonds is 4. The molecule has 2 N–H and O–H groups in total. The van der Waals surface area contributed by atoms with Crippen LogP contribution in [0, 0.1) is 12.7 Å². The summed E-state index contributed by atoms with van der Waals surface area (Å²) >= 11 is 0. The fourth-order valence-corrected chi connectivity index (χ4v) is 2.64. The lowest BCUT2D eigenvalue weighted by Gasteiger charge is -2.39. The van der Waals surface area contributed by atoms with E-state index in [1.165, 1.54) is 25.1 Å². The van der Waals surface area contributed by atoms with E-state index in [1.807, 2.05) is 0 Å². The van der Waals surface area contributed by atoms with Gasteiger partial charge in [0.25, 0.3) is 5.92 Å². The Bertz CT molecular complexity index is 468. The van der Waals surface area contributed by atoms with Crippen molar-refractivity contribution in [2.24, 2.45) is 0 Å². The third-order valence-electron chi connectivity index (χ3n) is 3.73. The van der Waals surface area contributed by atoms with E-state index in [-0.39, 0.29) is 23.5 Å². The fraction of sp³-hybridized carbons (Fsp3) is 0.571. The van der Waals surface area contributed by atoms with E-state index in [4.69, 9.17) is 5.11 Å². The Morgan fingerprint density at radius 3 is 2.52 bits per heavy atom. The summed E-state index contributed by atoms with van der Waals surface area (Å²) in [4.78, 5) is 1.61. The van der Waals surface area contributed by atoms with E-state index in [2.05, 4.69) is 5.32 Å². The summed E-state index contributed by atoms with van der Waals surface area (Å²) in [5.74, 6) is -3.81. The molecule has 7 heteroatoms. The number of halogens is 4. The van der Waals surface area contributed by atoms with Crippen LogP contribution < -0.4 is 5.32 Å². The van der Waals surface area contributed by atoms with Gasteiger partial charge in [0.1, 0.15) is 18.5 Å². The number of piperazine rings is 1. The largest absolute Gasteiger partial charge is 0.390 e. The molecule has 1 aromatic rings. The van der Waals surface area contributed by atoms with Gasteiger partial charge in [-0.05, 0) is 24.1 Å². The second-order valence-corrected chi connectivity index (χ2v) is 5.06. The zero-order chi connectivity index (χ0) is 14.8. The van der Waals surface area contributed by atoms with Crippen LogP contribution in [-0.2, 0) is 0 Å². The number of benzene rings is 1. The minimum atomic E-state index is -3.31. The first kappa shape index (κ1) is 18.2. The molecule has 0 aromatic heterocycles. The van der Waals surface area contributed by atoms with E-state index < -0.39 is 24.4 Å². The first-order chi connectivity index (χ1) is 9.47. The van der Waals surface area contributed by atoms with Gasteiger partial charge in [0.15, 0.2) is 0 Å². The summed E-state index contributed by atoms with van der Waals surface area (Å²) in [7, 11) is 0. The molecule has 120 valence electrons. The lowest BCUT2D eigenvalue weighted by Crippen LogP contribution is -2.51. The summed E-state index contributed by atoms with van der Waals surface area (Å²) in [6.45, 7) is 2.33. The van der Waals surface area contributed by atoms with Gasteiger partial charge in [0.05, 0.1) is 0 Å². The molecule has 0 saturated carbocycles. The first-order valence-corrected chi connectivity index (χ1v) is 6.66. The van der Waals surface area contributed by atoms with Crippen molar-refractivity contribution >= 4 is 12.4 Å². The van der Waals surface area contributed by atoms with Gasteiger partial charge >= 0.3 is 0 Å². The number of nitrogens with one attached hydrogen (secondary N) is 1. The quantitative estimate of drug-likeness (QED) is 0.890. The summed E-state index contributed by atoms with van der Waals surface area (Å²) in [6, 6.07) is 2.89. The highest BCUT2D eigenvalue weighted by molar-refractivity contribution is 5.85. The van der Waals surface area contributed by atoms with Gasteiger partial charge in [-0.1, -0.05) is 12.1 Å². The number of aliphatic hydroxyl groups is 1. The fourth-order valence-electron chi connectivity index (χ4n) is 2.64. The minimum Gasteiger partial charge on any atom is -0.390 e. The molecule has 1 fully saturated rings. The molecule has 3 nitrogen and oxygen atoms in total. The highest BCUT2D eigenvalue weighted by Crippen LogP contribution is 2.38. The molecular weight excluding hydrogens is 305 g/mol. The molecule has 0 spiro atoms. The Hall–Kier alpha value is -0.820. The lowest BCUT2D eigenvalue weighted by molar-refractivity contribution is -0.118. The monoisotopic (exact) mass is 324 g/mol. The van der Waals surface area contributed by atoms with Crippen molar-refractivity contribution in [1.82, 2.24) is 10.2 Å². The van der Waals surface area contributed by atoms with Crippen molar-refractivity contribution in [3.8, 4) is 0 Å². The number of alkyl halides is 2. The van der Waals surface area contributed by atoms with Gasteiger partial charge < -0.3 is 10.4 Å². The van der Waals surface area contributed by atoms with Crippen LogP contribution in [0.15, 0.2) is 18.2 Å². The molecule has 1 saturated heterocycles. The van der Waals surface area contributed by atoms with E-state index >= 15 is 0 Å². The molecular formula is C14H20ClF3N2O. The molecule has 1 aliphatic rings. The topological polar surface area (TPSA) is 35.5 Å². The molecule has 0 unspecified atom stereocenters. The molecule has 0 aliphatic carbocycles. The molecule has 21 heavy (non-hydrogen) atoms. The van der Waals surface area contributed by atoms with Crippen molar-refractivity contribution in [2.45, 2.75) is 18.9 Å². The molecule has 1 aliphatic heterocycles. The summed E-state index contributed by atoms with van der Waals surface area (Å²) < 4.78 is 42.0. The number of aliphatic hydroxyl groups excluding tert-OH is 1. The van der Waals surface area contributed by atoms with Gasteiger partial charge in [-0.2, -0.15) is 0 Å². The van der Waals surface area contributed by atoms with Crippen LogP contribution in [0.25, 0.3) is 0 Å². The van der Waals surface area contributed by atoms with E-state index in [0.717, 1.165) is 0 Å². The predicted molar refractivity (Wildman–Crippen MR) is 77.6 cm³/mol. The van der Waals surface area contributed by atoms with Crippen molar-refractivity contribution < 1.29 is 18.3 Å². The Labute approximate surface area is 128 Å². The van der Waals surface area contributed by atoms with E-state index in [1.54, 1.807) is 4.90 Å². The van der Waals surface area contributed by atoms with Crippen LogP contribution in [0.5, 0.6) is 0 Å². The highest BCUT2D eigenvalue weighted by atomic mass is 35.5. The molecule has 0 bridgehead atoms. The number of hydrogen-bond donors (Lipinski definition) is 2. The third kappa shape index (κ3) is 3.88. The molecule has 1 atom stereocenters. The maximum atomic E-state index is 14.2. The highest BCUT2D eigenvalue weighted by Gasteiger charge is 2.44. The van der Waals surface area contributed by atoms with Gasteiger partial charge in [-0.3, -0.25) is 4.90 Å². The van der Waals surface area contributed by atoms with Crippen molar-refractivity contribution in [3.05, 3.63) is 35.1 Å². The Morgan fingerprint density at radius 2 is 1.95 bits per heavy atom. The summed E-state index contributed by atoms with van der Waals surface area (Å²) in [5, 5.41) is 12.1. The summed E-state index contributed by atoms with van der Waals surface area (Å²) in [6.07, 6.45) is 0. The predicted octanol–water partition coefficient (Wildman–Crippen LogP) is 2.13. The second kappa shape index (κ2) is 7.45. The van der Waals surface area contributed by atoms with Crippen LogP contribution in [0.2, 0.25) is 0 Å². The van der Waals surface area contributed by atoms with Crippen molar-refractivity contribution in [1.29, 1.82) is 0 Å². The average molecular weight is 325 g/mol. The van der Waals surface area contributed by atoms with Gasteiger partial charge in [0, 0.05) is 26.2 Å². The Balaban J connectivity index is 0.00000220. The molecule has 2 rings (SSSR count). The summed E-state index contributed by atoms with van der Waals surface area (Å²) in [5.41, 5.74) is 0.454. The minimum absolute atomic E-state index is 0. The van der Waals surface area contributed by atoms with Crippen LogP contribution >= 0.6 is 12.4 Å². The van der Waals surface area contributed by atoms with Crippen LogP contribution in [0.1, 0.15) is 17.2 Å². The smallest absolute Gasteiger partial charge is 0.289 e. The SMILES string of the molecule is Cc1c(F)cccc1[C@H](N1CCNCC1)C(F)(F)CO.Cl. The van der Waals surface area contributed by atoms with Crippen molar-refractivity contribution in [3.63, 3.8) is 0 Å². The lowest BCUT2D eigenvalue weighted by atomic mass is 9.94. The second-order valence-electron chi connectivity index (χ2n) is 5.06. The van der Waals surface area contributed by atoms with Crippen molar-refractivity contribution in [2.75, 3.05) is 32.8 Å². The molecule has 0 amide bonds. The van der Waals surface area contributed by atoms with Gasteiger partial charge in [0.2, 0.25) is 0 Å². The standard InChI is InChI=1S/C14H19F3N2O.ClH/c1-10-11(3-2-4-12(10)15)13(14(16,17)9-20)19-7-5-18-6-8-19;/h2-4,13,18,20H,5-9H2,1H3;1H/t13-;/m0./s1. The number of hydrogen-bond acceptors (Lipinski definition) is 3. The normalized spacial score (nSPS) is 18.1. The zero-order valence-corrected chi connectivity index (χ0v) is 12.6. The Kier molecular flexibility index (Phi) is 6.46. The third-order valence-corrected chi connectivity index (χ3v) is 3.73. The number of nitrogens with zero attached hydrogens (tertiary/aromatic N) is 1. The van der Waals surface area contributed by atoms with Crippen LogP contribution in [-0.4, -0.2) is 48.7 Å². The van der Waals surface area contributed by atoms with Crippen LogP contribution in [0.3, 0.4) is 0 Å². The zero-order valence-electron chi connectivity index (χ0n) is 11.8. The Morgan fingerprint density at radius 1 is 1.33 bits per heavy atom. The molecule has 0 radical (unpaired) electrons. The van der Waals surface area contributed by atoms with E-state index in [9.17, 15) is 13.2 Å². The maximum absolute atomic E-state index is 14.2. The first-order valence-electron chi connectivity index (χ1n) is 6.66. The van der Waals surface area contributed by atoms with E-state index in [0.29, 0.717) is 26.2 Å². The van der Waals surface area contributed by atoms with Gasteiger partial charge in [-0.25, -0.2) is 13.2 Å². The molecule has 1 aromatic carbocycles. The average Bonchev–Trinajstić information content (AvgIpc) is 2.45. The maximum Gasteiger partial charge on any atom is 0.289 e.